The molecule has 0 radical (unpaired) electrons. The summed E-state index contributed by atoms with van der Waals surface area (Å²) in [4.78, 5) is 16.0. The van der Waals surface area contributed by atoms with Crippen LogP contribution in [0.1, 0.15) is 10.4 Å². The first-order valence-electron chi connectivity index (χ1n) is 6.79. The lowest BCUT2D eigenvalue weighted by Gasteiger charge is -2.07. The fourth-order valence-corrected chi connectivity index (χ4v) is 2.67. The van der Waals surface area contributed by atoms with Gasteiger partial charge in [0.15, 0.2) is 0 Å². The monoisotopic (exact) mass is 289 g/mol. The van der Waals surface area contributed by atoms with Gasteiger partial charge in [-0.3, -0.25) is 5.10 Å². The van der Waals surface area contributed by atoms with E-state index in [-0.39, 0.29) is 5.56 Å². The fraction of sp³-hybridized carbons (Fsp3) is 0. The Balaban J connectivity index is 1.97. The molecule has 0 atom stereocenters. The molecule has 5 nitrogen and oxygen atoms in total. The summed E-state index contributed by atoms with van der Waals surface area (Å²) in [6.07, 6.45) is 1.77. The van der Waals surface area contributed by atoms with Crippen molar-refractivity contribution >= 4 is 27.8 Å². The molecule has 22 heavy (non-hydrogen) atoms. The van der Waals surface area contributed by atoms with Gasteiger partial charge in [-0.15, -0.1) is 0 Å². The van der Waals surface area contributed by atoms with Crippen molar-refractivity contribution in [3.8, 4) is 11.3 Å². The van der Waals surface area contributed by atoms with Crippen LogP contribution in [0.3, 0.4) is 0 Å². The Bertz CT molecular complexity index is 1020. The summed E-state index contributed by atoms with van der Waals surface area (Å²) in [6.45, 7) is 0. The van der Waals surface area contributed by atoms with Gasteiger partial charge in [-0.25, -0.2) is 9.78 Å². The smallest absolute Gasteiger partial charge is 0.336 e. The fourth-order valence-electron chi connectivity index (χ4n) is 2.67. The third-order valence-corrected chi connectivity index (χ3v) is 3.73. The van der Waals surface area contributed by atoms with Gasteiger partial charge >= 0.3 is 5.97 Å². The van der Waals surface area contributed by atoms with Gasteiger partial charge in [-0.05, 0) is 30.3 Å². The minimum absolute atomic E-state index is 0.249. The lowest BCUT2D eigenvalue weighted by molar-refractivity contribution is 0.0697. The third-order valence-electron chi connectivity index (χ3n) is 3.73. The van der Waals surface area contributed by atoms with Crippen LogP contribution in [0.5, 0.6) is 0 Å². The third kappa shape index (κ3) is 1.83. The lowest BCUT2D eigenvalue weighted by atomic mass is 10.0. The molecule has 4 aromatic rings. The normalized spacial score (nSPS) is 11.1. The van der Waals surface area contributed by atoms with Crippen molar-refractivity contribution in [2.75, 3.05) is 0 Å². The first-order valence-corrected chi connectivity index (χ1v) is 6.79. The average molecular weight is 289 g/mol. The molecule has 2 aromatic heterocycles. The number of nitrogens with zero attached hydrogens (tertiary/aromatic N) is 2. The van der Waals surface area contributed by atoms with E-state index in [1.165, 1.54) is 0 Å². The van der Waals surface area contributed by atoms with Crippen molar-refractivity contribution in [1.29, 1.82) is 0 Å². The zero-order chi connectivity index (χ0) is 15.1. The van der Waals surface area contributed by atoms with Crippen molar-refractivity contribution in [3.05, 3.63) is 60.3 Å². The first kappa shape index (κ1) is 12.5. The van der Waals surface area contributed by atoms with Gasteiger partial charge in [0, 0.05) is 16.3 Å². The minimum Gasteiger partial charge on any atom is -0.478 e. The molecule has 0 fully saturated rings. The topological polar surface area (TPSA) is 78.9 Å². The Morgan fingerprint density at radius 3 is 2.73 bits per heavy atom. The number of aromatic carboxylic acids is 1. The quantitative estimate of drug-likeness (QED) is 0.592. The molecule has 0 aliphatic heterocycles. The number of aromatic nitrogens is 3. The highest BCUT2D eigenvalue weighted by molar-refractivity contribution is 6.05. The number of pyridine rings is 1. The summed E-state index contributed by atoms with van der Waals surface area (Å²) in [5.74, 6) is -0.956. The molecule has 0 amide bonds. The molecule has 0 saturated heterocycles. The predicted octanol–water partition coefficient (Wildman–Crippen LogP) is 3.48. The van der Waals surface area contributed by atoms with Crippen molar-refractivity contribution < 1.29 is 9.90 Å². The number of hydrogen-bond donors (Lipinski definition) is 2. The lowest BCUT2D eigenvalue weighted by Crippen LogP contribution is -2.00. The van der Waals surface area contributed by atoms with E-state index < -0.39 is 5.97 Å². The molecule has 0 aliphatic rings. The number of carboxylic acids is 1. The molecule has 0 bridgehead atoms. The van der Waals surface area contributed by atoms with Gasteiger partial charge in [0.25, 0.3) is 0 Å². The van der Waals surface area contributed by atoms with Gasteiger partial charge in [0.05, 0.1) is 28.5 Å². The average Bonchev–Trinajstić information content (AvgIpc) is 3.03. The largest absolute Gasteiger partial charge is 0.478 e. The summed E-state index contributed by atoms with van der Waals surface area (Å²) >= 11 is 0. The number of fused-ring (bicyclic) bond motifs is 3. The second-order valence-corrected chi connectivity index (χ2v) is 5.01. The SMILES string of the molecule is O=C(O)c1ccccc1-c1ccc2c(ccc3[nH]ncc32)n1. The molecule has 2 heterocycles. The van der Waals surface area contributed by atoms with E-state index in [4.69, 9.17) is 0 Å². The van der Waals surface area contributed by atoms with E-state index >= 15 is 0 Å². The van der Waals surface area contributed by atoms with E-state index in [1.54, 1.807) is 24.4 Å². The number of aromatic amines is 1. The van der Waals surface area contributed by atoms with E-state index in [0.717, 1.165) is 21.8 Å². The number of carbonyl (C=O) groups is 1. The molecule has 2 N–H and O–H groups in total. The van der Waals surface area contributed by atoms with Crippen LogP contribution in [-0.4, -0.2) is 26.3 Å². The van der Waals surface area contributed by atoms with Crippen LogP contribution < -0.4 is 0 Å². The van der Waals surface area contributed by atoms with Gasteiger partial charge in [-0.1, -0.05) is 18.2 Å². The van der Waals surface area contributed by atoms with Crippen LogP contribution in [0.2, 0.25) is 0 Å². The molecule has 2 aromatic carbocycles. The predicted molar refractivity (Wildman–Crippen MR) is 83.8 cm³/mol. The molecule has 0 unspecified atom stereocenters. The number of carboxylic acid groups (broad SMARTS) is 1. The second-order valence-electron chi connectivity index (χ2n) is 5.01. The molecule has 0 aliphatic carbocycles. The molecule has 106 valence electrons. The van der Waals surface area contributed by atoms with Crippen molar-refractivity contribution in [3.63, 3.8) is 0 Å². The summed E-state index contributed by atoms with van der Waals surface area (Å²) < 4.78 is 0. The van der Waals surface area contributed by atoms with Gasteiger partial charge < -0.3 is 5.11 Å². The van der Waals surface area contributed by atoms with Crippen molar-refractivity contribution in [1.82, 2.24) is 15.2 Å². The van der Waals surface area contributed by atoms with Gasteiger partial charge in [0.2, 0.25) is 0 Å². The second kappa shape index (κ2) is 4.66. The number of benzene rings is 2. The van der Waals surface area contributed by atoms with E-state index in [9.17, 15) is 9.90 Å². The zero-order valence-corrected chi connectivity index (χ0v) is 11.4. The van der Waals surface area contributed by atoms with Crippen LogP contribution in [0.15, 0.2) is 54.7 Å². The van der Waals surface area contributed by atoms with E-state index in [1.807, 2.05) is 30.3 Å². The Morgan fingerprint density at radius 1 is 1.00 bits per heavy atom. The van der Waals surface area contributed by atoms with Gasteiger partial charge in [0.1, 0.15) is 0 Å². The molecule has 4 rings (SSSR count). The Morgan fingerprint density at radius 2 is 1.86 bits per heavy atom. The number of nitrogens with one attached hydrogen (secondary N) is 1. The highest BCUT2D eigenvalue weighted by Gasteiger charge is 2.12. The maximum absolute atomic E-state index is 11.4. The summed E-state index contributed by atoms with van der Waals surface area (Å²) in [5, 5.41) is 18.3. The van der Waals surface area contributed by atoms with Crippen LogP contribution >= 0.6 is 0 Å². The summed E-state index contributed by atoms with van der Waals surface area (Å²) in [7, 11) is 0. The molecule has 5 heteroatoms. The van der Waals surface area contributed by atoms with E-state index in [0.29, 0.717) is 11.3 Å². The first-order chi connectivity index (χ1) is 10.7. The Kier molecular flexibility index (Phi) is 2.66. The zero-order valence-electron chi connectivity index (χ0n) is 11.4. The maximum Gasteiger partial charge on any atom is 0.336 e. The van der Waals surface area contributed by atoms with E-state index in [2.05, 4.69) is 15.2 Å². The van der Waals surface area contributed by atoms with Crippen molar-refractivity contribution in [2.45, 2.75) is 0 Å². The van der Waals surface area contributed by atoms with Crippen LogP contribution in [-0.2, 0) is 0 Å². The maximum atomic E-state index is 11.4. The van der Waals surface area contributed by atoms with Crippen LogP contribution in [0, 0.1) is 0 Å². The molecular formula is C17H11N3O2. The van der Waals surface area contributed by atoms with Gasteiger partial charge in [-0.2, -0.15) is 5.10 Å². The summed E-state index contributed by atoms with van der Waals surface area (Å²) in [5.41, 5.74) is 3.27. The molecular weight excluding hydrogens is 278 g/mol. The highest BCUT2D eigenvalue weighted by atomic mass is 16.4. The highest BCUT2D eigenvalue weighted by Crippen LogP contribution is 2.27. The number of rotatable bonds is 2. The minimum atomic E-state index is -0.956. The molecule has 0 saturated carbocycles. The Hall–Kier alpha value is -3.21. The molecule has 0 spiro atoms. The van der Waals surface area contributed by atoms with Crippen LogP contribution in [0.25, 0.3) is 33.1 Å². The Labute approximate surface area is 125 Å². The van der Waals surface area contributed by atoms with Crippen LogP contribution in [0.4, 0.5) is 0 Å². The number of H-pyrrole nitrogens is 1. The number of hydrogen-bond acceptors (Lipinski definition) is 3. The summed E-state index contributed by atoms with van der Waals surface area (Å²) in [6, 6.07) is 14.5. The van der Waals surface area contributed by atoms with Crippen molar-refractivity contribution in [2.24, 2.45) is 0 Å². The standard InChI is InChI=1S/C17H11N3O2/c21-17(22)12-4-2-1-3-10(12)14-6-5-11-13-9-18-20-16(13)8-7-15(11)19-14/h1-9H,(H,18,20)(H,21,22).